The fraction of sp³-hybridized carbons (Fsp3) is 0.500. The standard InChI is InChI=1S/C8H8/c1-2-8-6-3-5(4-6)7(1)8/h3-4,7-8H,1-2H2. The summed E-state index contributed by atoms with van der Waals surface area (Å²) in [5.41, 5.74) is 3.30. The minimum Gasteiger partial charge on any atom is -0.0552 e. The van der Waals surface area contributed by atoms with Gasteiger partial charge in [0.25, 0.3) is 0 Å². The van der Waals surface area contributed by atoms with Crippen LogP contribution in [-0.4, -0.2) is 0 Å². The van der Waals surface area contributed by atoms with Crippen molar-refractivity contribution >= 4 is 0 Å². The van der Waals surface area contributed by atoms with Crippen LogP contribution in [0.15, 0.2) is 23.3 Å². The van der Waals surface area contributed by atoms with E-state index < -0.39 is 0 Å². The summed E-state index contributed by atoms with van der Waals surface area (Å²) < 4.78 is 0. The molecule has 0 amide bonds. The molecule has 0 aliphatic heterocycles. The highest BCUT2D eigenvalue weighted by Crippen LogP contribution is 2.56. The van der Waals surface area contributed by atoms with Crippen LogP contribution in [0.1, 0.15) is 12.8 Å². The predicted molar refractivity (Wildman–Crippen MR) is 32.4 cm³/mol. The molecule has 0 aromatic rings. The Morgan fingerprint density at radius 2 is 1.50 bits per heavy atom. The smallest absolute Gasteiger partial charge is 0.00927 e. The van der Waals surface area contributed by atoms with Crippen molar-refractivity contribution < 1.29 is 0 Å². The van der Waals surface area contributed by atoms with Crippen LogP contribution >= 0.6 is 0 Å². The summed E-state index contributed by atoms with van der Waals surface area (Å²) in [5.74, 6) is 2.01. The van der Waals surface area contributed by atoms with Crippen LogP contribution < -0.4 is 0 Å². The molecular weight excluding hydrogens is 96.1 g/mol. The molecule has 1 fully saturated rings. The molecule has 2 atom stereocenters. The highest BCUT2D eigenvalue weighted by Gasteiger charge is 2.44. The molecule has 0 aromatic heterocycles. The van der Waals surface area contributed by atoms with Gasteiger partial charge >= 0.3 is 0 Å². The molecule has 4 aliphatic rings. The van der Waals surface area contributed by atoms with Crippen LogP contribution in [0.5, 0.6) is 0 Å². The molecule has 0 spiro atoms. The number of allylic oxidation sites excluding steroid dienone is 4. The van der Waals surface area contributed by atoms with E-state index in [1.54, 1.807) is 11.1 Å². The third-order valence-electron chi connectivity index (χ3n) is 2.80. The van der Waals surface area contributed by atoms with E-state index in [1.807, 2.05) is 0 Å². The summed E-state index contributed by atoms with van der Waals surface area (Å²) in [6.45, 7) is 0. The van der Waals surface area contributed by atoms with Gasteiger partial charge in [-0.3, -0.25) is 0 Å². The maximum absolute atomic E-state index is 2.38. The van der Waals surface area contributed by atoms with Gasteiger partial charge in [0.15, 0.2) is 0 Å². The summed E-state index contributed by atoms with van der Waals surface area (Å²) in [5, 5.41) is 0. The van der Waals surface area contributed by atoms with E-state index >= 15 is 0 Å². The van der Waals surface area contributed by atoms with E-state index in [2.05, 4.69) is 12.2 Å². The molecule has 2 unspecified atom stereocenters. The quantitative estimate of drug-likeness (QED) is 0.440. The molecule has 1 saturated carbocycles. The largest absolute Gasteiger partial charge is 0.0552 e. The molecule has 0 radical (unpaired) electrons. The Morgan fingerprint density at radius 3 is 1.75 bits per heavy atom. The van der Waals surface area contributed by atoms with E-state index in [9.17, 15) is 0 Å². The van der Waals surface area contributed by atoms with E-state index in [1.165, 1.54) is 12.8 Å². The molecule has 0 nitrogen and oxygen atoms in total. The van der Waals surface area contributed by atoms with Gasteiger partial charge in [-0.05, 0) is 35.8 Å². The topological polar surface area (TPSA) is 0 Å². The molecule has 8 heavy (non-hydrogen) atoms. The van der Waals surface area contributed by atoms with Crippen molar-refractivity contribution in [1.29, 1.82) is 0 Å². The van der Waals surface area contributed by atoms with E-state index in [0.29, 0.717) is 0 Å². The lowest BCUT2D eigenvalue weighted by Gasteiger charge is -2.28. The van der Waals surface area contributed by atoms with Gasteiger partial charge in [0.1, 0.15) is 0 Å². The minimum atomic E-state index is 1.00. The monoisotopic (exact) mass is 104 g/mol. The second-order valence-corrected chi connectivity index (χ2v) is 3.08. The first-order valence-corrected chi connectivity index (χ1v) is 3.38. The Morgan fingerprint density at radius 1 is 1.00 bits per heavy atom. The van der Waals surface area contributed by atoms with Crippen molar-refractivity contribution in [2.45, 2.75) is 12.8 Å². The highest BCUT2D eigenvalue weighted by molar-refractivity contribution is 5.56. The lowest BCUT2D eigenvalue weighted by atomic mass is 9.76. The van der Waals surface area contributed by atoms with Crippen LogP contribution in [-0.2, 0) is 0 Å². The van der Waals surface area contributed by atoms with Gasteiger partial charge in [0, 0.05) is 0 Å². The normalized spacial score (nSPS) is 46.0. The molecule has 0 heterocycles. The van der Waals surface area contributed by atoms with Crippen LogP contribution in [0.4, 0.5) is 0 Å². The first-order chi connectivity index (χ1) is 3.95. The lowest BCUT2D eigenvalue weighted by Crippen LogP contribution is -2.18. The van der Waals surface area contributed by atoms with Gasteiger partial charge in [-0.15, -0.1) is 0 Å². The van der Waals surface area contributed by atoms with Crippen LogP contribution in [0.25, 0.3) is 0 Å². The first-order valence-electron chi connectivity index (χ1n) is 3.38. The highest BCUT2D eigenvalue weighted by atomic mass is 14.5. The third-order valence-corrected chi connectivity index (χ3v) is 2.80. The Hall–Kier alpha value is -0.520. The fourth-order valence-corrected chi connectivity index (χ4v) is 2.10. The second-order valence-electron chi connectivity index (χ2n) is 3.08. The Kier molecular flexibility index (Phi) is 0.355. The van der Waals surface area contributed by atoms with Gasteiger partial charge in [-0.1, -0.05) is 12.2 Å². The van der Waals surface area contributed by atoms with E-state index in [4.69, 9.17) is 0 Å². The Labute approximate surface area is 48.9 Å². The van der Waals surface area contributed by atoms with Gasteiger partial charge in [-0.2, -0.15) is 0 Å². The average Bonchev–Trinajstić information content (AvgIpc) is 1.82. The van der Waals surface area contributed by atoms with Gasteiger partial charge in [0.05, 0.1) is 0 Å². The van der Waals surface area contributed by atoms with Crippen molar-refractivity contribution in [3.8, 4) is 0 Å². The van der Waals surface area contributed by atoms with Crippen molar-refractivity contribution in [3.63, 3.8) is 0 Å². The average molecular weight is 104 g/mol. The molecule has 4 aliphatic carbocycles. The van der Waals surface area contributed by atoms with Crippen molar-refractivity contribution in [2.24, 2.45) is 11.8 Å². The predicted octanol–water partition coefficient (Wildman–Crippen LogP) is 1.89. The SMILES string of the molecule is C1=C2C=C1C1CCC21. The summed E-state index contributed by atoms with van der Waals surface area (Å²) in [6.07, 6.45) is 7.69. The van der Waals surface area contributed by atoms with Crippen molar-refractivity contribution in [3.05, 3.63) is 23.3 Å². The maximum atomic E-state index is 2.38. The summed E-state index contributed by atoms with van der Waals surface area (Å²) >= 11 is 0. The number of hydrogen-bond acceptors (Lipinski definition) is 0. The zero-order chi connectivity index (χ0) is 5.14. The summed E-state index contributed by atoms with van der Waals surface area (Å²) in [7, 11) is 0. The molecule has 0 heteroatoms. The zero-order valence-electron chi connectivity index (χ0n) is 4.72. The van der Waals surface area contributed by atoms with E-state index in [-0.39, 0.29) is 0 Å². The van der Waals surface area contributed by atoms with Gasteiger partial charge < -0.3 is 0 Å². The zero-order valence-corrected chi connectivity index (χ0v) is 4.72. The minimum absolute atomic E-state index is 1.00. The fourth-order valence-electron chi connectivity index (χ4n) is 2.10. The first kappa shape index (κ1) is 3.49. The molecule has 0 saturated heterocycles. The molecular formula is C8H8. The second kappa shape index (κ2) is 0.812. The Balaban J connectivity index is 2.15. The van der Waals surface area contributed by atoms with Crippen LogP contribution in [0.3, 0.4) is 0 Å². The molecule has 0 aromatic carbocycles. The lowest BCUT2D eigenvalue weighted by molar-refractivity contribution is 0.294. The van der Waals surface area contributed by atoms with Crippen LogP contribution in [0.2, 0.25) is 0 Å². The molecule has 4 rings (SSSR count). The Bertz CT molecular complexity index is 179. The molecule has 0 N–H and O–H groups in total. The maximum Gasteiger partial charge on any atom is -0.00927 e. The van der Waals surface area contributed by atoms with E-state index in [0.717, 1.165) is 11.8 Å². The van der Waals surface area contributed by atoms with Gasteiger partial charge in [-0.25, -0.2) is 0 Å². The van der Waals surface area contributed by atoms with Crippen molar-refractivity contribution in [1.82, 2.24) is 0 Å². The van der Waals surface area contributed by atoms with Gasteiger partial charge in [0.2, 0.25) is 0 Å². The van der Waals surface area contributed by atoms with Crippen LogP contribution in [0, 0.1) is 11.8 Å². The third kappa shape index (κ3) is 0.184. The molecule has 40 valence electrons. The number of rotatable bonds is 0. The number of hydrogen-bond donors (Lipinski definition) is 0. The van der Waals surface area contributed by atoms with Crippen molar-refractivity contribution in [2.75, 3.05) is 0 Å². The molecule has 2 bridgehead atoms. The summed E-state index contributed by atoms with van der Waals surface area (Å²) in [4.78, 5) is 0. The summed E-state index contributed by atoms with van der Waals surface area (Å²) in [6, 6.07) is 0.